The molecule has 2 amide bonds. The number of hydrogen-bond acceptors (Lipinski definition) is 4. The van der Waals surface area contributed by atoms with E-state index >= 15 is 0 Å². The smallest absolute Gasteiger partial charge is 0.238 e. The topological polar surface area (TPSA) is 67.9 Å². The molecule has 1 aromatic rings. The molecule has 1 fully saturated rings. The Kier molecular flexibility index (Phi) is 5.12. The predicted molar refractivity (Wildman–Crippen MR) is 98.2 cm³/mol. The van der Waals surface area contributed by atoms with Crippen molar-refractivity contribution in [3.63, 3.8) is 0 Å². The number of rotatable bonds is 6. The molecular weight excluding hydrogens is 332 g/mol. The number of amides is 2. The summed E-state index contributed by atoms with van der Waals surface area (Å²) in [6, 6.07) is 4.01. The van der Waals surface area contributed by atoms with Crippen LogP contribution in [0.5, 0.6) is 11.5 Å². The summed E-state index contributed by atoms with van der Waals surface area (Å²) in [4.78, 5) is 27.5. The summed E-state index contributed by atoms with van der Waals surface area (Å²) in [7, 11) is 3.23. The quantitative estimate of drug-likeness (QED) is 0.791. The van der Waals surface area contributed by atoms with E-state index < -0.39 is 5.41 Å². The molecule has 1 aliphatic heterocycles. The molecule has 3 rings (SSSR count). The van der Waals surface area contributed by atoms with Crippen LogP contribution in [0.1, 0.15) is 44.2 Å². The normalized spacial score (nSPS) is 18.5. The third-order valence-electron chi connectivity index (χ3n) is 5.59. The Hall–Kier alpha value is -2.24. The van der Waals surface area contributed by atoms with Gasteiger partial charge in [-0.1, -0.05) is 6.92 Å². The third-order valence-corrected chi connectivity index (χ3v) is 5.59. The number of hydrogen-bond donors (Lipinski definition) is 1. The monoisotopic (exact) mass is 360 g/mol. The van der Waals surface area contributed by atoms with E-state index in [9.17, 15) is 9.59 Å². The molecule has 26 heavy (non-hydrogen) atoms. The van der Waals surface area contributed by atoms with Crippen LogP contribution in [0.3, 0.4) is 0 Å². The third kappa shape index (κ3) is 3.24. The van der Waals surface area contributed by atoms with Gasteiger partial charge in [0.25, 0.3) is 0 Å². The second-order valence-corrected chi connectivity index (χ2v) is 7.32. The van der Waals surface area contributed by atoms with E-state index in [1.807, 2.05) is 30.9 Å². The lowest BCUT2D eigenvalue weighted by molar-refractivity contribution is -0.145. The van der Waals surface area contributed by atoms with Gasteiger partial charge in [0.05, 0.1) is 14.2 Å². The number of methoxy groups -OCH3 is 2. The van der Waals surface area contributed by atoms with Gasteiger partial charge >= 0.3 is 0 Å². The number of fused-ring (bicyclic) bond motifs is 1. The van der Waals surface area contributed by atoms with E-state index in [1.54, 1.807) is 14.2 Å². The molecule has 0 spiro atoms. The van der Waals surface area contributed by atoms with E-state index in [0.29, 0.717) is 37.4 Å². The number of nitrogens with zero attached hydrogens (tertiary/aromatic N) is 1. The maximum absolute atomic E-state index is 13.1. The molecule has 1 aromatic carbocycles. The Bertz CT molecular complexity index is 712. The average molecular weight is 360 g/mol. The lowest BCUT2D eigenvalue weighted by atomic mass is 9.96. The number of carbonyl (C=O) groups is 2. The van der Waals surface area contributed by atoms with Crippen LogP contribution < -0.4 is 14.8 Å². The molecule has 2 aliphatic rings. The van der Waals surface area contributed by atoms with Gasteiger partial charge in [-0.25, -0.2) is 0 Å². The van der Waals surface area contributed by atoms with Gasteiger partial charge in [-0.2, -0.15) is 0 Å². The van der Waals surface area contributed by atoms with Crippen molar-refractivity contribution >= 4 is 11.8 Å². The molecule has 6 nitrogen and oxygen atoms in total. The molecule has 0 aromatic heterocycles. The van der Waals surface area contributed by atoms with Crippen molar-refractivity contribution in [3.8, 4) is 11.5 Å². The van der Waals surface area contributed by atoms with Gasteiger partial charge in [0.1, 0.15) is 5.41 Å². The number of carbonyl (C=O) groups excluding carboxylic acids is 2. The fourth-order valence-electron chi connectivity index (χ4n) is 3.49. The zero-order valence-electron chi connectivity index (χ0n) is 16.1. The summed E-state index contributed by atoms with van der Waals surface area (Å²) in [5, 5.41) is 2.98. The maximum atomic E-state index is 13.1. The molecule has 0 radical (unpaired) electrons. The molecule has 6 heteroatoms. The Morgan fingerprint density at radius 1 is 1.19 bits per heavy atom. The Balaban J connectivity index is 1.76. The van der Waals surface area contributed by atoms with Crippen LogP contribution in [0.15, 0.2) is 12.1 Å². The highest BCUT2D eigenvalue weighted by Gasteiger charge is 2.58. The highest BCUT2D eigenvalue weighted by molar-refractivity contribution is 6.08. The highest BCUT2D eigenvalue weighted by Crippen LogP contribution is 2.48. The van der Waals surface area contributed by atoms with Gasteiger partial charge in [0.2, 0.25) is 11.8 Å². The van der Waals surface area contributed by atoms with E-state index in [4.69, 9.17) is 9.47 Å². The van der Waals surface area contributed by atoms with Crippen molar-refractivity contribution in [2.45, 2.75) is 52.1 Å². The standard InChI is InChI=1S/C20H28N2O4/c1-5-13(2)21-18(23)20(7-8-20)19(24)22-9-6-14-10-16(25-3)17(26-4)11-15(14)12-22/h10-11,13H,5-9,12H2,1-4H3,(H,21,23). The van der Waals surface area contributed by atoms with Crippen LogP contribution >= 0.6 is 0 Å². The Morgan fingerprint density at radius 3 is 2.35 bits per heavy atom. The summed E-state index contributed by atoms with van der Waals surface area (Å²) in [6.45, 7) is 5.12. The first-order valence-electron chi connectivity index (χ1n) is 9.29. The van der Waals surface area contributed by atoms with Crippen molar-refractivity contribution in [1.29, 1.82) is 0 Å². The number of ether oxygens (including phenoxy) is 2. The fourth-order valence-corrected chi connectivity index (χ4v) is 3.49. The lowest BCUT2D eigenvalue weighted by Crippen LogP contribution is -2.48. The molecule has 0 saturated heterocycles. The van der Waals surface area contributed by atoms with E-state index in [1.165, 1.54) is 5.56 Å². The first-order valence-corrected chi connectivity index (χ1v) is 9.29. The maximum Gasteiger partial charge on any atom is 0.238 e. The molecule has 1 unspecified atom stereocenters. The minimum Gasteiger partial charge on any atom is -0.493 e. The largest absolute Gasteiger partial charge is 0.493 e. The van der Waals surface area contributed by atoms with Gasteiger partial charge in [0, 0.05) is 19.1 Å². The number of benzene rings is 1. The lowest BCUT2D eigenvalue weighted by Gasteiger charge is -2.32. The minimum absolute atomic E-state index is 0.0428. The van der Waals surface area contributed by atoms with Gasteiger partial charge in [-0.05, 0) is 55.9 Å². The number of nitrogens with one attached hydrogen (secondary N) is 1. The van der Waals surface area contributed by atoms with Crippen molar-refractivity contribution in [2.75, 3.05) is 20.8 Å². The molecule has 1 N–H and O–H groups in total. The second-order valence-electron chi connectivity index (χ2n) is 7.32. The summed E-state index contributed by atoms with van der Waals surface area (Å²) in [6.07, 6.45) is 2.89. The first-order chi connectivity index (χ1) is 12.4. The Labute approximate surface area is 154 Å². The van der Waals surface area contributed by atoms with E-state index in [2.05, 4.69) is 5.32 Å². The van der Waals surface area contributed by atoms with Crippen LogP contribution in [0.4, 0.5) is 0 Å². The van der Waals surface area contributed by atoms with Gasteiger partial charge < -0.3 is 19.7 Å². The second kappa shape index (κ2) is 7.17. The molecule has 1 saturated carbocycles. The van der Waals surface area contributed by atoms with Crippen LogP contribution in [0.25, 0.3) is 0 Å². The zero-order valence-corrected chi connectivity index (χ0v) is 16.1. The van der Waals surface area contributed by atoms with Crippen molar-refractivity contribution in [3.05, 3.63) is 23.3 Å². The van der Waals surface area contributed by atoms with Crippen molar-refractivity contribution in [1.82, 2.24) is 10.2 Å². The predicted octanol–water partition coefficient (Wildman–Crippen LogP) is 2.28. The van der Waals surface area contributed by atoms with Crippen molar-refractivity contribution in [2.24, 2.45) is 5.41 Å². The molecule has 142 valence electrons. The molecule has 1 heterocycles. The van der Waals surface area contributed by atoms with Gasteiger partial charge in [-0.15, -0.1) is 0 Å². The molecule has 0 bridgehead atoms. The first kappa shape index (κ1) is 18.5. The zero-order chi connectivity index (χ0) is 18.9. The molecular formula is C20H28N2O4. The summed E-state index contributed by atoms with van der Waals surface area (Å²) < 4.78 is 10.7. The summed E-state index contributed by atoms with van der Waals surface area (Å²) >= 11 is 0. The van der Waals surface area contributed by atoms with Crippen LogP contribution in [-0.4, -0.2) is 43.5 Å². The van der Waals surface area contributed by atoms with Crippen LogP contribution in [0.2, 0.25) is 0 Å². The minimum atomic E-state index is -0.850. The molecule has 1 aliphatic carbocycles. The van der Waals surface area contributed by atoms with E-state index in [-0.39, 0.29) is 17.9 Å². The SMILES string of the molecule is CCC(C)NC(=O)C1(C(=O)N2CCc3cc(OC)c(OC)cc3C2)CC1. The van der Waals surface area contributed by atoms with Gasteiger partial charge in [0.15, 0.2) is 11.5 Å². The van der Waals surface area contributed by atoms with Crippen molar-refractivity contribution < 1.29 is 19.1 Å². The fraction of sp³-hybridized carbons (Fsp3) is 0.600. The van der Waals surface area contributed by atoms with Gasteiger partial charge in [-0.3, -0.25) is 9.59 Å². The molecule has 1 atom stereocenters. The van der Waals surface area contributed by atoms with Crippen LogP contribution in [0, 0.1) is 5.41 Å². The Morgan fingerprint density at radius 2 is 1.81 bits per heavy atom. The van der Waals surface area contributed by atoms with Crippen LogP contribution in [-0.2, 0) is 22.6 Å². The summed E-state index contributed by atoms with van der Waals surface area (Å²) in [5.41, 5.74) is 1.37. The summed E-state index contributed by atoms with van der Waals surface area (Å²) in [5.74, 6) is 1.21. The van der Waals surface area contributed by atoms with E-state index in [0.717, 1.165) is 18.4 Å². The average Bonchev–Trinajstić information content (AvgIpc) is 3.47. The highest BCUT2D eigenvalue weighted by atomic mass is 16.5.